The second kappa shape index (κ2) is 8.83. The molecule has 0 spiro atoms. The van der Waals surface area contributed by atoms with Crippen molar-refractivity contribution < 1.29 is 9.18 Å². The van der Waals surface area contributed by atoms with Gasteiger partial charge in [-0.3, -0.25) is 4.79 Å². The number of benzene rings is 1. The van der Waals surface area contributed by atoms with Crippen LogP contribution in [0, 0.1) is 28.5 Å². The minimum Gasteiger partial charge on any atom is -0.398 e. The second-order valence-electron chi connectivity index (χ2n) is 4.17. The molecule has 5 nitrogen and oxygen atoms in total. The highest BCUT2D eigenvalue weighted by atomic mass is 32.2. The molecule has 2 N–H and O–H groups in total. The SMILES string of the molecule is N#CCCN(CCC#N)C(=O)CSc1cc(F)ccc1N. The van der Waals surface area contributed by atoms with Crippen LogP contribution in [0.15, 0.2) is 23.1 Å². The fourth-order valence-corrected chi connectivity index (χ4v) is 2.49. The van der Waals surface area contributed by atoms with Crippen LogP contribution in [0.3, 0.4) is 0 Å². The summed E-state index contributed by atoms with van der Waals surface area (Å²) in [6.07, 6.45) is 0.424. The first-order valence-corrected chi connectivity index (χ1v) is 7.26. The monoisotopic (exact) mass is 306 g/mol. The van der Waals surface area contributed by atoms with Crippen molar-refractivity contribution in [3.63, 3.8) is 0 Å². The van der Waals surface area contributed by atoms with Gasteiger partial charge in [-0.2, -0.15) is 10.5 Å². The summed E-state index contributed by atoms with van der Waals surface area (Å²) in [7, 11) is 0. The van der Waals surface area contributed by atoms with Crippen molar-refractivity contribution in [2.45, 2.75) is 17.7 Å². The summed E-state index contributed by atoms with van der Waals surface area (Å²) in [5.74, 6) is -0.524. The molecule has 1 rings (SSSR count). The molecule has 0 fully saturated rings. The Hall–Kier alpha value is -2.25. The summed E-state index contributed by atoms with van der Waals surface area (Å²) in [5, 5.41) is 17.2. The van der Waals surface area contributed by atoms with Crippen LogP contribution in [-0.2, 0) is 4.79 Å². The number of halogens is 1. The molecular weight excluding hydrogens is 291 g/mol. The first-order valence-electron chi connectivity index (χ1n) is 6.28. The molecule has 0 saturated carbocycles. The zero-order chi connectivity index (χ0) is 15.7. The summed E-state index contributed by atoms with van der Waals surface area (Å²) in [6, 6.07) is 7.92. The molecule has 0 aliphatic heterocycles. The summed E-state index contributed by atoms with van der Waals surface area (Å²) in [4.78, 5) is 14.0. The van der Waals surface area contributed by atoms with E-state index in [1.807, 2.05) is 12.1 Å². The number of thioether (sulfide) groups is 1. The lowest BCUT2D eigenvalue weighted by Gasteiger charge is -2.20. The minimum atomic E-state index is -0.412. The molecule has 21 heavy (non-hydrogen) atoms. The fraction of sp³-hybridized carbons (Fsp3) is 0.357. The number of hydrogen-bond acceptors (Lipinski definition) is 5. The lowest BCUT2D eigenvalue weighted by Crippen LogP contribution is -2.34. The number of nitrogens with zero attached hydrogens (tertiary/aromatic N) is 3. The average molecular weight is 306 g/mol. The summed E-state index contributed by atoms with van der Waals surface area (Å²) in [5.41, 5.74) is 6.13. The number of rotatable bonds is 7. The van der Waals surface area contributed by atoms with Gasteiger partial charge in [-0.1, -0.05) is 0 Å². The van der Waals surface area contributed by atoms with E-state index in [0.29, 0.717) is 10.6 Å². The van der Waals surface area contributed by atoms with E-state index in [-0.39, 0.29) is 37.6 Å². The quantitative estimate of drug-likeness (QED) is 0.615. The van der Waals surface area contributed by atoms with Crippen molar-refractivity contribution in [1.29, 1.82) is 10.5 Å². The van der Waals surface area contributed by atoms with Crippen LogP contribution in [-0.4, -0.2) is 29.6 Å². The van der Waals surface area contributed by atoms with Gasteiger partial charge in [0.25, 0.3) is 0 Å². The van der Waals surface area contributed by atoms with Gasteiger partial charge in [0.2, 0.25) is 5.91 Å². The van der Waals surface area contributed by atoms with E-state index in [4.69, 9.17) is 16.3 Å². The van der Waals surface area contributed by atoms with Gasteiger partial charge in [-0.25, -0.2) is 4.39 Å². The van der Waals surface area contributed by atoms with Crippen LogP contribution in [0.2, 0.25) is 0 Å². The molecule has 0 heterocycles. The van der Waals surface area contributed by atoms with Gasteiger partial charge in [0.05, 0.1) is 30.7 Å². The lowest BCUT2D eigenvalue weighted by atomic mass is 10.3. The van der Waals surface area contributed by atoms with Gasteiger partial charge in [-0.05, 0) is 18.2 Å². The van der Waals surface area contributed by atoms with E-state index < -0.39 is 5.82 Å². The highest BCUT2D eigenvalue weighted by molar-refractivity contribution is 8.00. The normalized spacial score (nSPS) is 9.67. The number of carbonyl (C=O) groups is 1. The molecule has 0 aliphatic carbocycles. The zero-order valence-corrected chi connectivity index (χ0v) is 12.2. The molecule has 1 amide bonds. The van der Waals surface area contributed by atoms with Crippen molar-refractivity contribution in [2.24, 2.45) is 0 Å². The van der Waals surface area contributed by atoms with Gasteiger partial charge in [-0.15, -0.1) is 11.8 Å². The first-order chi connectivity index (χ1) is 10.1. The van der Waals surface area contributed by atoms with Gasteiger partial charge in [0, 0.05) is 23.7 Å². The van der Waals surface area contributed by atoms with Crippen LogP contribution in [0.25, 0.3) is 0 Å². The molecule has 0 atom stereocenters. The Morgan fingerprint density at radius 1 is 1.29 bits per heavy atom. The number of amides is 1. The fourth-order valence-electron chi connectivity index (χ4n) is 1.60. The Morgan fingerprint density at radius 3 is 2.48 bits per heavy atom. The Kier molecular flexibility index (Phi) is 7.06. The highest BCUT2D eigenvalue weighted by Gasteiger charge is 2.14. The maximum Gasteiger partial charge on any atom is 0.232 e. The third kappa shape index (κ3) is 5.72. The molecular formula is C14H15FN4OS. The third-order valence-corrected chi connectivity index (χ3v) is 3.72. The molecule has 7 heteroatoms. The van der Waals surface area contributed by atoms with E-state index >= 15 is 0 Å². The molecule has 0 unspecified atom stereocenters. The van der Waals surface area contributed by atoms with E-state index in [9.17, 15) is 9.18 Å². The second-order valence-corrected chi connectivity index (χ2v) is 5.19. The molecule has 0 saturated heterocycles. The number of nitrogen functional groups attached to an aromatic ring is 1. The highest BCUT2D eigenvalue weighted by Crippen LogP contribution is 2.26. The smallest absolute Gasteiger partial charge is 0.232 e. The van der Waals surface area contributed by atoms with Crippen molar-refractivity contribution in [3.05, 3.63) is 24.0 Å². The maximum absolute atomic E-state index is 13.1. The van der Waals surface area contributed by atoms with E-state index in [0.717, 1.165) is 11.8 Å². The summed E-state index contributed by atoms with van der Waals surface area (Å²) in [6.45, 7) is 0.576. The summed E-state index contributed by atoms with van der Waals surface area (Å²) >= 11 is 1.14. The van der Waals surface area contributed by atoms with Crippen LogP contribution < -0.4 is 5.73 Å². The van der Waals surface area contributed by atoms with Crippen molar-refractivity contribution >= 4 is 23.4 Å². The van der Waals surface area contributed by atoms with Crippen molar-refractivity contribution in [2.75, 3.05) is 24.6 Å². The maximum atomic E-state index is 13.1. The largest absolute Gasteiger partial charge is 0.398 e. The summed E-state index contributed by atoms with van der Waals surface area (Å²) < 4.78 is 13.1. The van der Waals surface area contributed by atoms with Gasteiger partial charge in [0.1, 0.15) is 5.82 Å². The number of anilines is 1. The lowest BCUT2D eigenvalue weighted by molar-refractivity contribution is -0.128. The zero-order valence-electron chi connectivity index (χ0n) is 11.4. The van der Waals surface area contributed by atoms with E-state index in [1.165, 1.54) is 23.1 Å². The van der Waals surface area contributed by atoms with Crippen LogP contribution in [0.5, 0.6) is 0 Å². The van der Waals surface area contributed by atoms with E-state index in [1.54, 1.807) is 0 Å². The predicted octanol–water partition coefficient (Wildman–Crippen LogP) is 2.16. The van der Waals surface area contributed by atoms with Crippen LogP contribution in [0.1, 0.15) is 12.8 Å². The number of hydrogen-bond donors (Lipinski definition) is 1. The van der Waals surface area contributed by atoms with Crippen molar-refractivity contribution in [1.82, 2.24) is 4.90 Å². The Morgan fingerprint density at radius 2 is 1.90 bits per heavy atom. The first kappa shape index (κ1) is 16.8. The molecule has 0 radical (unpaired) electrons. The number of nitrogens with two attached hydrogens (primary N) is 1. The molecule has 0 bridgehead atoms. The van der Waals surface area contributed by atoms with Gasteiger partial charge < -0.3 is 10.6 Å². The predicted molar refractivity (Wildman–Crippen MR) is 78.6 cm³/mol. The molecule has 1 aromatic rings. The Bertz CT molecular complexity index is 561. The van der Waals surface area contributed by atoms with Crippen LogP contribution in [0.4, 0.5) is 10.1 Å². The molecule has 1 aromatic carbocycles. The third-order valence-electron chi connectivity index (χ3n) is 2.67. The van der Waals surface area contributed by atoms with Gasteiger partial charge in [0.15, 0.2) is 0 Å². The topological polar surface area (TPSA) is 93.9 Å². The number of nitriles is 2. The average Bonchev–Trinajstić information content (AvgIpc) is 2.48. The number of carbonyl (C=O) groups excluding carboxylic acids is 1. The molecule has 0 aromatic heterocycles. The molecule has 0 aliphatic rings. The van der Waals surface area contributed by atoms with E-state index in [2.05, 4.69) is 0 Å². The van der Waals surface area contributed by atoms with Crippen LogP contribution >= 0.6 is 11.8 Å². The standard InChI is InChI=1S/C14H15FN4OS/c15-11-3-4-12(18)13(9-11)21-10-14(20)19(7-1-5-16)8-2-6-17/h3-4,9H,1-2,7-8,10,18H2. The molecule has 110 valence electrons. The minimum absolute atomic E-state index is 0.0878. The van der Waals surface area contributed by atoms with Gasteiger partial charge >= 0.3 is 0 Å². The Balaban J connectivity index is 2.62. The van der Waals surface area contributed by atoms with Crippen molar-refractivity contribution in [3.8, 4) is 12.1 Å². The Labute approximate surface area is 127 Å².